The zero-order chi connectivity index (χ0) is 14.5. The van der Waals surface area contributed by atoms with E-state index in [1.54, 1.807) is 24.3 Å². The average molecular weight is 273 g/mol. The minimum atomic E-state index is -0.637. The fraction of sp³-hybridized carbons (Fsp3) is 0.143. The third kappa shape index (κ3) is 3.17. The van der Waals surface area contributed by atoms with Gasteiger partial charge in [-0.2, -0.15) is 0 Å². The molecule has 0 saturated carbocycles. The summed E-state index contributed by atoms with van der Waals surface area (Å²) in [6, 6.07) is 9.96. The van der Waals surface area contributed by atoms with E-state index in [1.807, 2.05) is 6.92 Å². The number of nitrogens with two attached hydrogens (primary N) is 2. The Morgan fingerprint density at radius 1 is 1.15 bits per heavy atom. The Hall–Kier alpha value is -2.76. The van der Waals surface area contributed by atoms with Gasteiger partial charge in [-0.3, -0.25) is 4.79 Å². The highest BCUT2D eigenvalue weighted by Crippen LogP contribution is 2.26. The second-order valence-electron chi connectivity index (χ2n) is 3.96. The topological polar surface area (TPSA) is 100 Å². The molecule has 1 aromatic carbocycles. The maximum atomic E-state index is 11.1. The summed E-state index contributed by atoms with van der Waals surface area (Å²) >= 11 is 0. The SMILES string of the molecule is CCOc1ccc(Oc2nc(C(N)=O)ccc2N)cc1. The molecule has 1 heterocycles. The third-order valence-corrected chi connectivity index (χ3v) is 2.49. The predicted octanol–water partition coefficient (Wildman–Crippen LogP) is 1.95. The number of benzene rings is 1. The van der Waals surface area contributed by atoms with Crippen LogP contribution in [0.3, 0.4) is 0 Å². The molecule has 4 N–H and O–H groups in total. The molecule has 0 radical (unpaired) electrons. The number of carbonyl (C=O) groups excluding carboxylic acids is 1. The molecule has 2 aromatic rings. The summed E-state index contributed by atoms with van der Waals surface area (Å²) in [4.78, 5) is 15.1. The van der Waals surface area contributed by atoms with Crippen molar-refractivity contribution in [3.63, 3.8) is 0 Å². The molecule has 0 aliphatic heterocycles. The number of ether oxygens (including phenoxy) is 2. The van der Waals surface area contributed by atoms with E-state index < -0.39 is 5.91 Å². The summed E-state index contributed by atoms with van der Waals surface area (Å²) in [5.74, 6) is 0.785. The van der Waals surface area contributed by atoms with Crippen LogP contribution < -0.4 is 20.9 Å². The monoisotopic (exact) mass is 273 g/mol. The molecular formula is C14H15N3O3. The van der Waals surface area contributed by atoms with Crippen molar-refractivity contribution in [3.8, 4) is 17.4 Å². The van der Waals surface area contributed by atoms with Gasteiger partial charge in [0.05, 0.1) is 12.3 Å². The molecule has 104 valence electrons. The number of nitrogens with zero attached hydrogens (tertiary/aromatic N) is 1. The first-order valence-corrected chi connectivity index (χ1v) is 6.07. The Morgan fingerprint density at radius 3 is 2.40 bits per heavy atom. The Labute approximate surface area is 116 Å². The van der Waals surface area contributed by atoms with Gasteiger partial charge in [0.1, 0.15) is 17.2 Å². The van der Waals surface area contributed by atoms with Crippen molar-refractivity contribution in [2.24, 2.45) is 5.73 Å². The van der Waals surface area contributed by atoms with E-state index in [4.69, 9.17) is 20.9 Å². The number of aromatic nitrogens is 1. The van der Waals surface area contributed by atoms with Crippen LogP contribution in [-0.2, 0) is 0 Å². The van der Waals surface area contributed by atoms with Crippen molar-refractivity contribution in [2.75, 3.05) is 12.3 Å². The van der Waals surface area contributed by atoms with Crippen molar-refractivity contribution >= 4 is 11.6 Å². The number of amides is 1. The second kappa shape index (κ2) is 5.92. The first-order valence-electron chi connectivity index (χ1n) is 6.07. The first-order chi connectivity index (χ1) is 9.60. The number of pyridine rings is 1. The van der Waals surface area contributed by atoms with Crippen LogP contribution in [0.4, 0.5) is 5.69 Å². The van der Waals surface area contributed by atoms with Crippen LogP contribution in [0.15, 0.2) is 36.4 Å². The number of nitrogen functional groups attached to an aromatic ring is 1. The van der Waals surface area contributed by atoms with E-state index in [9.17, 15) is 4.79 Å². The molecule has 0 atom stereocenters. The van der Waals surface area contributed by atoms with Crippen LogP contribution in [-0.4, -0.2) is 17.5 Å². The van der Waals surface area contributed by atoms with Crippen LogP contribution in [0.1, 0.15) is 17.4 Å². The van der Waals surface area contributed by atoms with Crippen molar-refractivity contribution in [2.45, 2.75) is 6.92 Å². The predicted molar refractivity (Wildman–Crippen MR) is 74.9 cm³/mol. The molecule has 0 bridgehead atoms. The van der Waals surface area contributed by atoms with Crippen molar-refractivity contribution in [1.29, 1.82) is 0 Å². The van der Waals surface area contributed by atoms with Gasteiger partial charge in [-0.05, 0) is 43.3 Å². The van der Waals surface area contributed by atoms with Crippen LogP contribution in [0.2, 0.25) is 0 Å². The molecule has 20 heavy (non-hydrogen) atoms. The molecular weight excluding hydrogens is 258 g/mol. The molecule has 0 fully saturated rings. The van der Waals surface area contributed by atoms with Gasteiger partial charge in [-0.25, -0.2) is 4.98 Å². The molecule has 6 nitrogen and oxygen atoms in total. The quantitative estimate of drug-likeness (QED) is 0.867. The smallest absolute Gasteiger partial charge is 0.267 e. The van der Waals surface area contributed by atoms with Gasteiger partial charge in [-0.15, -0.1) is 0 Å². The van der Waals surface area contributed by atoms with Gasteiger partial charge in [0, 0.05) is 0 Å². The lowest BCUT2D eigenvalue weighted by molar-refractivity contribution is 0.0995. The largest absolute Gasteiger partial charge is 0.494 e. The Balaban J connectivity index is 2.20. The molecule has 2 rings (SSSR count). The Bertz CT molecular complexity index is 612. The van der Waals surface area contributed by atoms with Gasteiger partial charge < -0.3 is 20.9 Å². The van der Waals surface area contributed by atoms with Crippen LogP contribution in [0, 0.1) is 0 Å². The number of hydrogen-bond donors (Lipinski definition) is 2. The van der Waals surface area contributed by atoms with E-state index >= 15 is 0 Å². The number of anilines is 1. The van der Waals surface area contributed by atoms with Crippen LogP contribution >= 0.6 is 0 Å². The fourth-order valence-electron chi connectivity index (χ4n) is 1.55. The minimum Gasteiger partial charge on any atom is -0.494 e. The summed E-state index contributed by atoms with van der Waals surface area (Å²) < 4.78 is 10.9. The zero-order valence-electron chi connectivity index (χ0n) is 11.0. The molecule has 0 saturated heterocycles. The first kappa shape index (κ1) is 13.7. The van der Waals surface area contributed by atoms with Crippen molar-refractivity contribution in [1.82, 2.24) is 4.98 Å². The Kier molecular flexibility index (Phi) is 4.05. The lowest BCUT2D eigenvalue weighted by Crippen LogP contribution is -2.13. The number of carbonyl (C=O) groups is 1. The summed E-state index contributed by atoms with van der Waals surface area (Å²) in [7, 11) is 0. The van der Waals surface area contributed by atoms with Crippen LogP contribution in [0.5, 0.6) is 17.4 Å². The molecule has 1 amide bonds. The van der Waals surface area contributed by atoms with E-state index in [2.05, 4.69) is 4.98 Å². The van der Waals surface area contributed by atoms with Gasteiger partial charge >= 0.3 is 0 Å². The van der Waals surface area contributed by atoms with Gasteiger partial charge in [0.2, 0.25) is 5.88 Å². The average Bonchev–Trinajstić information content (AvgIpc) is 2.43. The third-order valence-electron chi connectivity index (χ3n) is 2.49. The zero-order valence-corrected chi connectivity index (χ0v) is 11.0. The summed E-state index contributed by atoms with van der Waals surface area (Å²) in [6.07, 6.45) is 0. The number of primary amides is 1. The highest BCUT2D eigenvalue weighted by molar-refractivity contribution is 5.91. The molecule has 1 aromatic heterocycles. The normalized spacial score (nSPS) is 10.1. The lowest BCUT2D eigenvalue weighted by Gasteiger charge is -2.09. The lowest BCUT2D eigenvalue weighted by atomic mass is 10.3. The molecule has 6 heteroatoms. The van der Waals surface area contributed by atoms with E-state index in [1.165, 1.54) is 12.1 Å². The van der Waals surface area contributed by atoms with E-state index in [0.29, 0.717) is 18.0 Å². The summed E-state index contributed by atoms with van der Waals surface area (Å²) in [6.45, 7) is 2.50. The highest BCUT2D eigenvalue weighted by Gasteiger charge is 2.09. The fourth-order valence-corrected chi connectivity index (χ4v) is 1.55. The van der Waals surface area contributed by atoms with Crippen molar-refractivity contribution in [3.05, 3.63) is 42.1 Å². The maximum absolute atomic E-state index is 11.1. The van der Waals surface area contributed by atoms with Crippen LogP contribution in [0.25, 0.3) is 0 Å². The van der Waals surface area contributed by atoms with Gasteiger partial charge in [0.15, 0.2) is 0 Å². The molecule has 0 unspecified atom stereocenters. The molecule has 0 aliphatic rings. The van der Waals surface area contributed by atoms with Gasteiger partial charge in [-0.1, -0.05) is 0 Å². The summed E-state index contributed by atoms with van der Waals surface area (Å²) in [5.41, 5.74) is 11.3. The standard InChI is InChI=1S/C14H15N3O3/c1-2-19-9-3-5-10(6-4-9)20-14-11(15)7-8-12(17-14)13(16)18/h3-8H,2,15H2,1H3,(H2,16,18). The number of hydrogen-bond acceptors (Lipinski definition) is 5. The maximum Gasteiger partial charge on any atom is 0.267 e. The second-order valence-corrected chi connectivity index (χ2v) is 3.96. The minimum absolute atomic E-state index is 0.0973. The number of rotatable bonds is 5. The van der Waals surface area contributed by atoms with Gasteiger partial charge in [0.25, 0.3) is 5.91 Å². The van der Waals surface area contributed by atoms with E-state index in [0.717, 1.165) is 5.75 Å². The molecule has 0 spiro atoms. The highest BCUT2D eigenvalue weighted by atomic mass is 16.5. The molecule has 0 aliphatic carbocycles. The van der Waals surface area contributed by atoms with Crippen molar-refractivity contribution < 1.29 is 14.3 Å². The van der Waals surface area contributed by atoms with E-state index in [-0.39, 0.29) is 11.6 Å². The summed E-state index contributed by atoms with van der Waals surface area (Å²) in [5, 5.41) is 0. The Morgan fingerprint density at radius 2 is 1.80 bits per heavy atom.